The summed E-state index contributed by atoms with van der Waals surface area (Å²) in [7, 11) is 0. The molecule has 0 saturated carbocycles. The molecule has 0 radical (unpaired) electrons. The second kappa shape index (κ2) is 9.10. The van der Waals surface area contributed by atoms with Crippen LogP contribution in [0.1, 0.15) is 60.9 Å². The zero-order valence-corrected chi connectivity index (χ0v) is 19.6. The van der Waals surface area contributed by atoms with Crippen molar-refractivity contribution in [2.24, 2.45) is 0 Å². The Kier molecular flexibility index (Phi) is 6.46. The third-order valence-corrected chi connectivity index (χ3v) is 6.91. The molecule has 0 bridgehead atoms. The van der Waals surface area contributed by atoms with E-state index >= 15 is 0 Å². The quantitative estimate of drug-likeness (QED) is 0.504. The molecule has 3 aromatic rings. The van der Waals surface area contributed by atoms with Crippen molar-refractivity contribution >= 4 is 29.7 Å². The molecule has 1 amide bonds. The Labute approximate surface area is 193 Å². The minimum Gasteiger partial charge on any atom is -0.330 e. The van der Waals surface area contributed by atoms with E-state index in [4.69, 9.17) is 9.97 Å². The maximum Gasteiger partial charge on any atom is 0.256 e. The lowest BCUT2D eigenvalue weighted by Gasteiger charge is -2.39. The predicted molar refractivity (Wildman–Crippen MR) is 126 cm³/mol. The zero-order valence-electron chi connectivity index (χ0n) is 18.0. The highest BCUT2D eigenvalue weighted by molar-refractivity contribution is 7.13. The van der Waals surface area contributed by atoms with Gasteiger partial charge in [-0.25, -0.2) is 9.97 Å². The number of halogens is 1. The molecule has 1 saturated heterocycles. The molecular weight excluding hydrogens is 430 g/mol. The molecular formula is C23H28ClN5OS. The average molecular weight is 458 g/mol. The van der Waals surface area contributed by atoms with Crippen LogP contribution >= 0.6 is 23.7 Å². The summed E-state index contributed by atoms with van der Waals surface area (Å²) in [6, 6.07) is 7.91. The molecule has 164 valence electrons. The van der Waals surface area contributed by atoms with E-state index in [1.807, 2.05) is 35.5 Å². The number of rotatable bonds is 7. The van der Waals surface area contributed by atoms with Gasteiger partial charge in [0.2, 0.25) is 0 Å². The van der Waals surface area contributed by atoms with Crippen molar-refractivity contribution in [1.82, 2.24) is 24.3 Å². The van der Waals surface area contributed by atoms with E-state index in [0.29, 0.717) is 0 Å². The van der Waals surface area contributed by atoms with E-state index in [1.54, 1.807) is 11.3 Å². The Hall–Kier alpha value is -2.22. The second-order valence-corrected chi connectivity index (χ2v) is 8.95. The van der Waals surface area contributed by atoms with Gasteiger partial charge in [-0.15, -0.1) is 23.7 Å². The van der Waals surface area contributed by atoms with Gasteiger partial charge in [0.25, 0.3) is 5.91 Å². The van der Waals surface area contributed by atoms with Crippen LogP contribution in [0.2, 0.25) is 0 Å². The Morgan fingerprint density at radius 1 is 1.19 bits per heavy atom. The first-order valence-corrected chi connectivity index (χ1v) is 11.7. The summed E-state index contributed by atoms with van der Waals surface area (Å²) in [6.45, 7) is 8.31. The third kappa shape index (κ3) is 3.79. The number of hydrogen-bond acceptors (Lipinski definition) is 5. The minimum absolute atomic E-state index is 0. The molecule has 0 spiro atoms. The molecule has 0 N–H and O–H groups in total. The number of thiazole rings is 1. The Morgan fingerprint density at radius 2 is 1.97 bits per heavy atom. The normalized spacial score (nSPS) is 16.8. The number of nitrogens with zero attached hydrogens (tertiary/aromatic N) is 5. The first-order chi connectivity index (χ1) is 14.7. The van der Waals surface area contributed by atoms with Crippen LogP contribution in [0.3, 0.4) is 0 Å². The van der Waals surface area contributed by atoms with Gasteiger partial charge >= 0.3 is 0 Å². The number of benzene rings is 1. The smallest absolute Gasteiger partial charge is 0.256 e. The van der Waals surface area contributed by atoms with Crippen LogP contribution in [0.25, 0.3) is 16.4 Å². The summed E-state index contributed by atoms with van der Waals surface area (Å²) in [5.74, 6) is 0.117. The minimum atomic E-state index is 0. The molecule has 2 aliphatic heterocycles. The van der Waals surface area contributed by atoms with Gasteiger partial charge in [0.1, 0.15) is 17.0 Å². The predicted octanol–water partition coefficient (Wildman–Crippen LogP) is 4.94. The van der Waals surface area contributed by atoms with Crippen molar-refractivity contribution in [1.29, 1.82) is 0 Å². The SMILES string of the molecule is CCCN(CCC)Cc1csc(-c2ncn3c2[C@@H]2CCN2C(=O)c2ccccc2-3)n1.Cl. The first-order valence-electron chi connectivity index (χ1n) is 10.9. The van der Waals surface area contributed by atoms with Gasteiger partial charge in [-0.05, 0) is 44.5 Å². The zero-order chi connectivity index (χ0) is 20.7. The van der Waals surface area contributed by atoms with Crippen molar-refractivity contribution in [3.05, 3.63) is 52.9 Å². The van der Waals surface area contributed by atoms with Gasteiger partial charge in [-0.1, -0.05) is 26.0 Å². The highest BCUT2D eigenvalue weighted by atomic mass is 35.5. The summed E-state index contributed by atoms with van der Waals surface area (Å²) in [5.41, 5.74) is 4.79. The Balaban J connectivity index is 0.00000231. The molecule has 6 nitrogen and oxygen atoms in total. The lowest BCUT2D eigenvalue weighted by molar-refractivity contribution is 0.0461. The van der Waals surface area contributed by atoms with Crippen molar-refractivity contribution in [3.8, 4) is 16.4 Å². The van der Waals surface area contributed by atoms with E-state index in [0.717, 1.165) is 78.8 Å². The lowest BCUT2D eigenvalue weighted by Crippen LogP contribution is -2.44. The van der Waals surface area contributed by atoms with Crippen molar-refractivity contribution in [3.63, 3.8) is 0 Å². The van der Waals surface area contributed by atoms with Crippen LogP contribution in [0.5, 0.6) is 0 Å². The second-order valence-electron chi connectivity index (χ2n) is 8.09. The van der Waals surface area contributed by atoms with Crippen molar-refractivity contribution in [2.45, 2.75) is 45.7 Å². The lowest BCUT2D eigenvalue weighted by atomic mass is 9.97. The molecule has 0 unspecified atom stereocenters. The van der Waals surface area contributed by atoms with Crippen molar-refractivity contribution in [2.75, 3.05) is 19.6 Å². The van der Waals surface area contributed by atoms with Gasteiger partial charge < -0.3 is 4.90 Å². The fourth-order valence-corrected chi connectivity index (χ4v) is 5.40. The first kappa shape index (κ1) is 22.0. The molecule has 1 fully saturated rings. The van der Waals surface area contributed by atoms with Crippen LogP contribution in [-0.4, -0.2) is 49.9 Å². The average Bonchev–Trinajstić information content (AvgIpc) is 3.33. The number of carbonyl (C=O) groups excluding carboxylic acids is 1. The number of amides is 1. The standard InChI is InChI=1S/C23H27N5OS.ClH/c1-3-10-26(11-4-2)13-16-14-30-22(25-16)20-21-19-9-12-27(19)23(29)17-7-5-6-8-18(17)28(21)15-24-20;/h5-8,14-15,19H,3-4,9-13H2,1-2H3;1H/t19-;/m0./s1. The molecule has 0 aliphatic carbocycles. The third-order valence-electron chi connectivity index (χ3n) is 6.01. The van der Waals surface area contributed by atoms with Crippen LogP contribution in [0.15, 0.2) is 36.0 Å². The van der Waals surface area contributed by atoms with Gasteiger partial charge in [0.05, 0.1) is 28.7 Å². The number of imidazole rings is 1. The van der Waals surface area contributed by atoms with E-state index in [1.165, 1.54) is 0 Å². The summed E-state index contributed by atoms with van der Waals surface area (Å²) in [6.07, 6.45) is 5.13. The van der Waals surface area contributed by atoms with E-state index in [2.05, 4.69) is 28.7 Å². The van der Waals surface area contributed by atoms with E-state index in [-0.39, 0.29) is 24.4 Å². The highest BCUT2D eigenvalue weighted by Crippen LogP contribution is 2.43. The number of fused-ring (bicyclic) bond motifs is 5. The molecule has 1 aromatic carbocycles. The van der Waals surface area contributed by atoms with Crippen LogP contribution in [-0.2, 0) is 6.54 Å². The largest absolute Gasteiger partial charge is 0.330 e. The van der Waals surface area contributed by atoms with Crippen molar-refractivity contribution < 1.29 is 4.79 Å². The van der Waals surface area contributed by atoms with Crippen LogP contribution < -0.4 is 0 Å². The molecule has 8 heteroatoms. The highest BCUT2D eigenvalue weighted by Gasteiger charge is 2.41. The summed E-state index contributed by atoms with van der Waals surface area (Å²) in [4.78, 5) is 27.2. The molecule has 4 heterocycles. The molecule has 2 aliphatic rings. The van der Waals surface area contributed by atoms with E-state index < -0.39 is 0 Å². The molecule has 2 aromatic heterocycles. The Bertz CT molecular complexity index is 1070. The molecule has 5 rings (SSSR count). The van der Waals surface area contributed by atoms with Gasteiger partial charge in [-0.3, -0.25) is 14.3 Å². The number of hydrogen-bond donors (Lipinski definition) is 0. The maximum atomic E-state index is 13.0. The van der Waals surface area contributed by atoms with Crippen LogP contribution in [0, 0.1) is 0 Å². The summed E-state index contributed by atoms with van der Waals surface area (Å²) in [5, 5.41) is 3.11. The maximum absolute atomic E-state index is 13.0. The fraction of sp³-hybridized carbons (Fsp3) is 0.435. The fourth-order valence-electron chi connectivity index (χ4n) is 4.59. The van der Waals surface area contributed by atoms with E-state index in [9.17, 15) is 4.79 Å². The monoisotopic (exact) mass is 457 g/mol. The number of para-hydroxylation sites is 1. The summed E-state index contributed by atoms with van der Waals surface area (Å²) >= 11 is 1.66. The molecule has 1 atom stereocenters. The van der Waals surface area contributed by atoms with Gasteiger partial charge in [0, 0.05) is 18.5 Å². The van der Waals surface area contributed by atoms with Gasteiger partial charge in [0.15, 0.2) is 0 Å². The van der Waals surface area contributed by atoms with Gasteiger partial charge in [-0.2, -0.15) is 0 Å². The number of aromatic nitrogens is 3. The Morgan fingerprint density at radius 3 is 2.68 bits per heavy atom. The van der Waals surface area contributed by atoms with Crippen LogP contribution in [0.4, 0.5) is 0 Å². The summed E-state index contributed by atoms with van der Waals surface area (Å²) < 4.78 is 2.11. The topological polar surface area (TPSA) is 54.3 Å². The molecule has 31 heavy (non-hydrogen) atoms. The number of carbonyl (C=O) groups is 1.